The molecule has 0 bridgehead atoms. The Balaban J connectivity index is 1.90. The van der Waals surface area contributed by atoms with Crippen molar-refractivity contribution in [1.82, 2.24) is 9.66 Å². The van der Waals surface area contributed by atoms with Crippen LogP contribution in [0.1, 0.15) is 18.3 Å². The predicted molar refractivity (Wildman–Crippen MR) is 123 cm³/mol. The molecule has 0 atom stereocenters. The van der Waals surface area contributed by atoms with E-state index in [1.54, 1.807) is 38.1 Å². The third kappa shape index (κ3) is 5.08. The molecule has 1 heterocycles. The van der Waals surface area contributed by atoms with Crippen molar-refractivity contribution >= 4 is 66.5 Å². The molecule has 0 amide bonds. The number of fused-ring (bicyclic) bond motifs is 1. The van der Waals surface area contributed by atoms with Gasteiger partial charge in [0, 0.05) is 4.47 Å². The first-order chi connectivity index (χ1) is 14.3. The topological polar surface area (TPSA) is 82.8 Å². The molecule has 0 aliphatic heterocycles. The van der Waals surface area contributed by atoms with E-state index in [0.29, 0.717) is 32.5 Å². The van der Waals surface area contributed by atoms with Gasteiger partial charge in [-0.2, -0.15) is 9.78 Å². The van der Waals surface area contributed by atoms with Crippen molar-refractivity contribution in [3.8, 4) is 5.75 Å². The van der Waals surface area contributed by atoms with Gasteiger partial charge in [0.15, 0.2) is 12.4 Å². The van der Waals surface area contributed by atoms with Crippen LogP contribution in [0.5, 0.6) is 5.75 Å². The Morgan fingerprint density at radius 1 is 1.30 bits per heavy atom. The first-order valence-corrected chi connectivity index (χ1v) is 10.8. The number of hydrogen-bond donors (Lipinski definition) is 0. The Hall–Kier alpha value is -2.23. The lowest BCUT2D eigenvalue weighted by Gasteiger charge is -2.10. The fraction of sp³-hybridized carbons (Fsp3) is 0.200. The number of aryl methyl sites for hydroxylation is 1. The third-order valence-corrected chi connectivity index (χ3v) is 5.32. The van der Waals surface area contributed by atoms with Gasteiger partial charge in [-0.1, -0.05) is 27.5 Å². The van der Waals surface area contributed by atoms with E-state index in [-0.39, 0.29) is 23.8 Å². The minimum absolute atomic E-state index is 0.257. The van der Waals surface area contributed by atoms with Crippen LogP contribution in [0.15, 0.2) is 49.2 Å². The van der Waals surface area contributed by atoms with E-state index in [2.05, 4.69) is 41.9 Å². The summed E-state index contributed by atoms with van der Waals surface area (Å²) in [6, 6.07) is 8.63. The molecular formula is C20H16Br2ClN3O4. The minimum atomic E-state index is -0.489. The van der Waals surface area contributed by atoms with Gasteiger partial charge >= 0.3 is 5.97 Å². The summed E-state index contributed by atoms with van der Waals surface area (Å²) in [5.41, 5.74) is 0.937. The Morgan fingerprint density at radius 2 is 2.07 bits per heavy atom. The first kappa shape index (κ1) is 22.5. The molecule has 0 N–H and O–H groups in total. The largest absolute Gasteiger partial charge is 0.479 e. The van der Waals surface area contributed by atoms with Gasteiger partial charge in [-0.05, 0) is 65.7 Å². The van der Waals surface area contributed by atoms with Gasteiger partial charge in [0.1, 0.15) is 5.82 Å². The standard InChI is InChI=1S/C20H16Br2ClN3O4/c1-3-29-18(27)10-30-19-15(22)6-12(7-16(19)23)9-24-26-11(2)25-17-5-4-13(21)8-14(17)20(26)28/h4-9H,3,10H2,1-2H3. The van der Waals surface area contributed by atoms with E-state index in [1.807, 2.05) is 6.07 Å². The lowest BCUT2D eigenvalue weighted by Crippen LogP contribution is -2.20. The van der Waals surface area contributed by atoms with Crippen LogP contribution in [0.25, 0.3) is 10.9 Å². The Bertz CT molecular complexity index is 1190. The number of aromatic nitrogens is 2. The van der Waals surface area contributed by atoms with Crippen LogP contribution >= 0.6 is 43.5 Å². The van der Waals surface area contributed by atoms with Crippen LogP contribution in [0.3, 0.4) is 0 Å². The van der Waals surface area contributed by atoms with Crippen molar-refractivity contribution < 1.29 is 14.3 Å². The fourth-order valence-corrected chi connectivity index (χ4v) is 4.00. The van der Waals surface area contributed by atoms with Gasteiger partial charge in [0.05, 0.1) is 33.2 Å². The smallest absolute Gasteiger partial charge is 0.344 e. The Kier molecular flexibility index (Phi) is 7.27. The van der Waals surface area contributed by atoms with Crippen LogP contribution in [0, 0.1) is 6.92 Å². The number of benzene rings is 2. The van der Waals surface area contributed by atoms with Crippen LogP contribution in [-0.2, 0) is 9.53 Å². The van der Waals surface area contributed by atoms with E-state index < -0.39 is 5.97 Å². The highest BCUT2D eigenvalue weighted by Gasteiger charge is 2.12. The monoisotopic (exact) mass is 555 g/mol. The number of esters is 1. The molecule has 0 unspecified atom stereocenters. The zero-order chi connectivity index (χ0) is 21.8. The maximum Gasteiger partial charge on any atom is 0.344 e. The molecule has 0 fully saturated rings. The lowest BCUT2D eigenvalue weighted by molar-refractivity contribution is -0.145. The summed E-state index contributed by atoms with van der Waals surface area (Å²) < 4.78 is 12.8. The molecule has 0 spiro atoms. The summed E-state index contributed by atoms with van der Waals surface area (Å²) in [6.07, 6.45) is 1.49. The van der Waals surface area contributed by atoms with E-state index in [0.717, 1.165) is 4.47 Å². The number of halogens is 3. The molecule has 1 aromatic heterocycles. The van der Waals surface area contributed by atoms with Crippen LogP contribution in [-0.4, -0.2) is 35.1 Å². The number of carbonyl (C=O) groups is 1. The number of hydrogen-bond acceptors (Lipinski definition) is 6. The maximum atomic E-state index is 12.8. The number of nitrogens with zero attached hydrogens (tertiary/aromatic N) is 3. The van der Waals surface area contributed by atoms with Gasteiger partial charge in [-0.25, -0.2) is 9.78 Å². The number of ether oxygens (including phenoxy) is 2. The molecule has 3 aromatic rings. The average Bonchev–Trinajstić information content (AvgIpc) is 2.68. The summed E-state index contributed by atoms with van der Waals surface area (Å²) in [5.74, 6) is 0.273. The summed E-state index contributed by atoms with van der Waals surface area (Å²) in [5, 5.41) is 5.00. The molecule has 3 rings (SSSR count). The van der Waals surface area contributed by atoms with Crippen molar-refractivity contribution in [2.24, 2.45) is 5.10 Å². The summed E-state index contributed by atoms with van der Waals surface area (Å²) in [7, 11) is 0. The maximum absolute atomic E-state index is 12.8. The average molecular weight is 558 g/mol. The van der Waals surface area contributed by atoms with Gasteiger partial charge in [0.2, 0.25) is 0 Å². The Morgan fingerprint density at radius 3 is 2.77 bits per heavy atom. The van der Waals surface area contributed by atoms with Crippen LogP contribution in [0.2, 0.25) is 5.02 Å². The highest BCUT2D eigenvalue weighted by molar-refractivity contribution is 9.10. The van der Waals surface area contributed by atoms with Crippen molar-refractivity contribution in [2.75, 3.05) is 13.2 Å². The number of rotatable bonds is 6. The molecule has 10 heteroatoms. The van der Waals surface area contributed by atoms with Crippen LogP contribution < -0.4 is 10.3 Å². The highest BCUT2D eigenvalue weighted by Crippen LogP contribution is 2.34. The lowest BCUT2D eigenvalue weighted by atomic mass is 10.2. The van der Waals surface area contributed by atoms with Crippen LogP contribution in [0.4, 0.5) is 0 Å². The molecule has 0 aliphatic carbocycles. The summed E-state index contributed by atoms with van der Waals surface area (Å²) in [6.45, 7) is 3.43. The predicted octanol–water partition coefficient (Wildman–Crippen LogP) is 4.71. The van der Waals surface area contributed by atoms with Crippen molar-refractivity contribution in [1.29, 1.82) is 0 Å². The van der Waals surface area contributed by atoms with Crippen molar-refractivity contribution in [2.45, 2.75) is 13.8 Å². The van der Waals surface area contributed by atoms with Gasteiger partial charge in [0.25, 0.3) is 5.56 Å². The third-order valence-electron chi connectivity index (χ3n) is 3.95. The van der Waals surface area contributed by atoms with E-state index >= 15 is 0 Å². The molecule has 0 aliphatic rings. The highest BCUT2D eigenvalue weighted by atomic mass is 79.9. The normalized spacial score (nSPS) is 11.2. The zero-order valence-electron chi connectivity index (χ0n) is 16.0. The second kappa shape index (κ2) is 9.72. The van der Waals surface area contributed by atoms with Crippen molar-refractivity contribution in [3.05, 3.63) is 66.0 Å². The van der Waals surface area contributed by atoms with E-state index in [1.165, 1.54) is 10.9 Å². The summed E-state index contributed by atoms with van der Waals surface area (Å²) >= 11 is 13.0. The molecule has 7 nitrogen and oxygen atoms in total. The van der Waals surface area contributed by atoms with Gasteiger partial charge < -0.3 is 9.47 Å². The molecule has 0 radical (unpaired) electrons. The van der Waals surface area contributed by atoms with Gasteiger partial charge in [-0.3, -0.25) is 4.79 Å². The second-order valence-electron chi connectivity index (χ2n) is 6.09. The quantitative estimate of drug-likeness (QED) is 0.324. The molecule has 156 valence electrons. The van der Waals surface area contributed by atoms with Gasteiger partial charge in [-0.15, -0.1) is 0 Å². The molecule has 0 saturated heterocycles. The van der Waals surface area contributed by atoms with E-state index in [9.17, 15) is 9.59 Å². The van der Waals surface area contributed by atoms with Crippen molar-refractivity contribution in [3.63, 3.8) is 0 Å². The minimum Gasteiger partial charge on any atom is -0.479 e. The molecule has 0 saturated carbocycles. The fourth-order valence-electron chi connectivity index (χ4n) is 2.65. The Labute approximate surface area is 193 Å². The zero-order valence-corrected chi connectivity index (χ0v) is 19.9. The van der Waals surface area contributed by atoms with E-state index in [4.69, 9.17) is 21.1 Å². The molecule has 30 heavy (non-hydrogen) atoms. The molecule has 2 aromatic carbocycles. The number of carbonyl (C=O) groups excluding carboxylic acids is 1. The summed E-state index contributed by atoms with van der Waals surface area (Å²) in [4.78, 5) is 28.7. The first-order valence-electron chi connectivity index (χ1n) is 8.81. The molecular weight excluding hydrogens is 541 g/mol. The second-order valence-corrected chi connectivity index (χ2v) is 8.27. The SMILES string of the molecule is CCOC(=O)COc1c(Cl)cc(C=Nn2c(C)nc3ccc(Br)cc3c2=O)cc1Br.